The molecule has 0 unspecified atom stereocenters. The number of phosphoric ester groups is 1. The number of thiol groups is 4. The van der Waals surface area contributed by atoms with E-state index in [-0.39, 0.29) is 0 Å². The molecular formula is C2H7O4PS4. The fourth-order valence-corrected chi connectivity index (χ4v) is 2.22. The summed E-state index contributed by atoms with van der Waals surface area (Å²) in [5.74, 6) is 0. The monoisotopic (exact) mass is 254 g/mol. The minimum atomic E-state index is -4.11. The van der Waals surface area contributed by atoms with E-state index in [1.165, 1.54) is 0 Å². The summed E-state index contributed by atoms with van der Waals surface area (Å²) in [6.45, 7) is 0. The molecule has 4 nitrogen and oxygen atoms in total. The minimum Gasteiger partial charge on any atom is -0.302 e. The molecule has 1 N–H and O–H groups in total. The number of rotatable bonds is 4. The molecule has 0 aromatic rings. The lowest BCUT2D eigenvalue weighted by Gasteiger charge is -2.14. The third-order valence-electron chi connectivity index (χ3n) is 0.455. The maximum Gasteiger partial charge on any atom is 0.475 e. The van der Waals surface area contributed by atoms with Crippen LogP contribution in [0.2, 0.25) is 0 Å². The van der Waals surface area contributed by atoms with Gasteiger partial charge in [-0.2, -0.15) is 0 Å². The molecule has 0 heterocycles. The highest BCUT2D eigenvalue weighted by Crippen LogP contribution is 2.47. The van der Waals surface area contributed by atoms with Crippen LogP contribution in [0.5, 0.6) is 0 Å². The topological polar surface area (TPSA) is 55.8 Å². The van der Waals surface area contributed by atoms with Gasteiger partial charge in [-0.05, 0) is 0 Å². The van der Waals surface area contributed by atoms with E-state index in [1.54, 1.807) is 0 Å². The number of hydrogen-bond donors (Lipinski definition) is 5. The Balaban J connectivity index is 3.91. The van der Waals surface area contributed by atoms with Crippen LogP contribution >= 0.6 is 58.3 Å². The predicted octanol–water partition coefficient (Wildman–Crippen LogP) is 1.41. The molecule has 0 aliphatic heterocycles. The normalized spacial score (nSPS) is 13.0. The SMILES string of the molecule is O=P(O)(OC(S)S)OC(S)S. The summed E-state index contributed by atoms with van der Waals surface area (Å²) in [5, 5.41) is 0. The van der Waals surface area contributed by atoms with Gasteiger partial charge in [0.15, 0.2) is 9.54 Å². The first kappa shape index (κ1) is 12.5. The van der Waals surface area contributed by atoms with E-state index < -0.39 is 17.4 Å². The molecule has 0 aromatic heterocycles. The molecule has 0 saturated carbocycles. The Labute approximate surface area is 86.3 Å². The Morgan fingerprint density at radius 1 is 1.09 bits per heavy atom. The maximum absolute atomic E-state index is 10.8. The van der Waals surface area contributed by atoms with Crippen LogP contribution < -0.4 is 0 Å². The van der Waals surface area contributed by atoms with E-state index in [0.29, 0.717) is 0 Å². The first-order valence-corrected chi connectivity index (χ1v) is 5.81. The van der Waals surface area contributed by atoms with Gasteiger partial charge in [-0.15, -0.1) is 50.5 Å². The molecule has 0 atom stereocenters. The van der Waals surface area contributed by atoms with Gasteiger partial charge in [0.2, 0.25) is 0 Å². The first-order chi connectivity index (χ1) is 4.83. The molecule has 0 amide bonds. The molecule has 0 spiro atoms. The quantitative estimate of drug-likeness (QED) is 0.299. The van der Waals surface area contributed by atoms with E-state index in [4.69, 9.17) is 4.89 Å². The van der Waals surface area contributed by atoms with Gasteiger partial charge >= 0.3 is 7.82 Å². The van der Waals surface area contributed by atoms with E-state index in [0.717, 1.165) is 0 Å². The molecule has 0 aliphatic carbocycles. The number of hydrogen-bond acceptors (Lipinski definition) is 7. The average Bonchev–Trinajstić information content (AvgIpc) is 1.53. The van der Waals surface area contributed by atoms with Crippen molar-refractivity contribution in [2.75, 3.05) is 0 Å². The molecule has 0 bridgehead atoms. The van der Waals surface area contributed by atoms with E-state index >= 15 is 0 Å². The Kier molecular flexibility index (Phi) is 6.01. The Bertz CT molecular complexity index is 146. The second kappa shape index (κ2) is 5.29. The summed E-state index contributed by atoms with van der Waals surface area (Å²) in [7, 11) is -4.11. The van der Waals surface area contributed by atoms with Crippen molar-refractivity contribution >= 4 is 58.3 Å². The zero-order valence-electron chi connectivity index (χ0n) is 5.06. The average molecular weight is 254 g/mol. The number of phosphoric acid groups is 1. The molecule has 0 saturated heterocycles. The molecule has 0 radical (unpaired) electrons. The van der Waals surface area contributed by atoms with Crippen molar-refractivity contribution in [3.63, 3.8) is 0 Å². The van der Waals surface area contributed by atoms with Crippen LogP contribution in [-0.2, 0) is 13.6 Å². The highest BCUT2D eigenvalue weighted by atomic mass is 32.2. The van der Waals surface area contributed by atoms with Gasteiger partial charge in [-0.25, -0.2) is 4.57 Å². The summed E-state index contributed by atoms with van der Waals surface area (Å²) >= 11 is 14.4. The van der Waals surface area contributed by atoms with Gasteiger partial charge in [-0.1, -0.05) is 0 Å². The Morgan fingerprint density at radius 3 is 1.55 bits per heavy atom. The smallest absolute Gasteiger partial charge is 0.302 e. The molecule has 9 heteroatoms. The molecule has 0 aliphatic rings. The highest BCUT2D eigenvalue weighted by molar-refractivity contribution is 7.99. The van der Waals surface area contributed by atoms with Crippen molar-refractivity contribution in [3.8, 4) is 0 Å². The van der Waals surface area contributed by atoms with Crippen molar-refractivity contribution < 1.29 is 18.5 Å². The second-order valence-electron chi connectivity index (χ2n) is 1.33. The molecule has 0 rings (SSSR count). The van der Waals surface area contributed by atoms with Crippen LogP contribution in [0.15, 0.2) is 0 Å². The van der Waals surface area contributed by atoms with Crippen molar-refractivity contribution in [2.45, 2.75) is 9.54 Å². The van der Waals surface area contributed by atoms with Crippen molar-refractivity contribution in [1.29, 1.82) is 0 Å². The lowest BCUT2D eigenvalue weighted by molar-refractivity contribution is 0.177. The van der Waals surface area contributed by atoms with Crippen LogP contribution in [0.4, 0.5) is 0 Å². The summed E-state index contributed by atoms with van der Waals surface area (Å²) in [6, 6.07) is 0. The van der Waals surface area contributed by atoms with Gasteiger partial charge in [0.05, 0.1) is 0 Å². The molecule has 0 fully saturated rings. The van der Waals surface area contributed by atoms with Crippen molar-refractivity contribution in [2.24, 2.45) is 0 Å². The van der Waals surface area contributed by atoms with Crippen LogP contribution in [-0.4, -0.2) is 14.4 Å². The lowest BCUT2D eigenvalue weighted by atomic mass is 11.7. The van der Waals surface area contributed by atoms with Crippen LogP contribution in [0.3, 0.4) is 0 Å². The van der Waals surface area contributed by atoms with Crippen molar-refractivity contribution in [1.82, 2.24) is 0 Å². The maximum atomic E-state index is 10.8. The standard InChI is InChI=1S/C2H7O4PS4/c3-7(4,5-1(8)9)6-2(10)11/h1-2,8-11H,(H,3,4). The van der Waals surface area contributed by atoms with Gasteiger partial charge in [0.1, 0.15) is 0 Å². The van der Waals surface area contributed by atoms with E-state index in [2.05, 4.69) is 59.6 Å². The first-order valence-electron chi connectivity index (χ1n) is 2.25. The second-order valence-corrected chi connectivity index (χ2v) is 5.38. The van der Waals surface area contributed by atoms with Gasteiger partial charge < -0.3 is 4.89 Å². The Hall–Kier alpha value is 1.51. The molecule has 68 valence electrons. The summed E-state index contributed by atoms with van der Waals surface area (Å²) < 4.78 is 17.3. The summed E-state index contributed by atoms with van der Waals surface area (Å²) in [4.78, 5) is 8.77. The van der Waals surface area contributed by atoms with E-state index in [9.17, 15) is 4.57 Å². The van der Waals surface area contributed by atoms with Crippen LogP contribution in [0.1, 0.15) is 0 Å². The van der Waals surface area contributed by atoms with Gasteiger partial charge in [0.25, 0.3) is 0 Å². The molecule has 11 heavy (non-hydrogen) atoms. The fourth-order valence-electron chi connectivity index (χ4n) is 0.263. The zero-order chi connectivity index (χ0) is 9.07. The summed E-state index contributed by atoms with van der Waals surface area (Å²) in [6.07, 6.45) is 0. The minimum absolute atomic E-state index is 0.980. The molecular weight excluding hydrogens is 247 g/mol. The van der Waals surface area contributed by atoms with Gasteiger partial charge in [0, 0.05) is 0 Å². The third kappa shape index (κ3) is 7.86. The highest BCUT2D eigenvalue weighted by Gasteiger charge is 2.25. The van der Waals surface area contributed by atoms with Crippen LogP contribution in [0.25, 0.3) is 0 Å². The van der Waals surface area contributed by atoms with E-state index in [1.807, 2.05) is 0 Å². The fraction of sp³-hybridized carbons (Fsp3) is 1.00. The Morgan fingerprint density at radius 2 is 1.36 bits per heavy atom. The third-order valence-corrected chi connectivity index (χ3v) is 2.50. The zero-order valence-corrected chi connectivity index (χ0v) is 9.53. The summed E-state index contributed by atoms with van der Waals surface area (Å²) in [5.41, 5.74) is 0. The molecule has 0 aromatic carbocycles. The lowest BCUT2D eigenvalue weighted by Crippen LogP contribution is -2.01. The van der Waals surface area contributed by atoms with Crippen molar-refractivity contribution in [3.05, 3.63) is 0 Å². The van der Waals surface area contributed by atoms with Gasteiger partial charge in [-0.3, -0.25) is 9.05 Å². The largest absolute Gasteiger partial charge is 0.475 e. The predicted molar refractivity (Wildman–Crippen MR) is 55.5 cm³/mol. The van der Waals surface area contributed by atoms with Crippen LogP contribution in [0, 0.1) is 0 Å².